The number of nitrogens with zero attached hydrogens (tertiary/aromatic N) is 3. The van der Waals surface area contributed by atoms with E-state index < -0.39 is 10.0 Å². The molecule has 7 nitrogen and oxygen atoms in total. The number of carbonyl (C=O) groups excluding carboxylic acids is 1. The number of primary sulfonamides is 1. The number of rotatable bonds is 3. The molecule has 0 aliphatic heterocycles. The number of hydrogen-bond acceptors (Lipinski definition) is 5. The van der Waals surface area contributed by atoms with Crippen LogP contribution < -0.4 is 10.0 Å². The van der Waals surface area contributed by atoms with Crippen molar-refractivity contribution < 1.29 is 13.2 Å². The summed E-state index contributed by atoms with van der Waals surface area (Å²) >= 11 is 0. The summed E-state index contributed by atoms with van der Waals surface area (Å²) in [6, 6.07) is 7.25. The third-order valence-corrected chi connectivity index (χ3v) is 3.62. The van der Waals surface area contributed by atoms with Gasteiger partial charge in [0.2, 0.25) is 10.0 Å². The first-order chi connectivity index (χ1) is 9.39. The highest BCUT2D eigenvalue weighted by Crippen LogP contribution is 2.17. The Balaban J connectivity index is 2.26. The smallest absolute Gasteiger partial charge is 0.259 e. The molecule has 1 aromatic heterocycles. The molecule has 8 heteroatoms. The van der Waals surface area contributed by atoms with Crippen molar-refractivity contribution in [3.05, 3.63) is 48.3 Å². The van der Waals surface area contributed by atoms with Crippen LogP contribution in [0.15, 0.2) is 47.6 Å². The number of benzene rings is 1. The zero-order chi connectivity index (χ0) is 14.8. The molecule has 0 radical (unpaired) electrons. The predicted molar refractivity (Wildman–Crippen MR) is 72.6 cm³/mol. The second-order valence-electron chi connectivity index (χ2n) is 4.03. The Morgan fingerprint density at radius 1 is 1.15 bits per heavy atom. The summed E-state index contributed by atoms with van der Waals surface area (Å²) in [6.07, 6.45) is 2.78. The minimum atomic E-state index is -3.74. The standard InChI is InChI=1S/C12H12N4O3S/c1-16(12(17)9-6-7-14-15-8-9)10-2-4-11(5-3-10)20(13,18)19/h2-8H,1H3,(H2,13,18,19). The second-order valence-corrected chi connectivity index (χ2v) is 5.60. The van der Waals surface area contributed by atoms with Crippen molar-refractivity contribution in [2.45, 2.75) is 4.90 Å². The Bertz CT molecular complexity index is 714. The molecule has 0 spiro atoms. The molecule has 2 N–H and O–H groups in total. The predicted octanol–water partition coefficient (Wildman–Crippen LogP) is 0.401. The average Bonchev–Trinajstić information content (AvgIpc) is 2.46. The maximum Gasteiger partial charge on any atom is 0.259 e. The zero-order valence-corrected chi connectivity index (χ0v) is 11.4. The maximum absolute atomic E-state index is 12.1. The number of anilines is 1. The third-order valence-electron chi connectivity index (χ3n) is 2.69. The number of aromatic nitrogens is 2. The minimum Gasteiger partial charge on any atom is -0.311 e. The summed E-state index contributed by atoms with van der Waals surface area (Å²) in [7, 11) is -2.16. The first kappa shape index (κ1) is 14.1. The summed E-state index contributed by atoms with van der Waals surface area (Å²) in [4.78, 5) is 13.5. The fraction of sp³-hybridized carbons (Fsp3) is 0.0833. The summed E-state index contributed by atoms with van der Waals surface area (Å²) in [5.41, 5.74) is 0.928. The van der Waals surface area contributed by atoms with Gasteiger partial charge in [-0.15, -0.1) is 0 Å². The van der Waals surface area contributed by atoms with E-state index in [0.717, 1.165) is 0 Å². The number of hydrogen-bond donors (Lipinski definition) is 1. The van der Waals surface area contributed by atoms with Crippen molar-refractivity contribution >= 4 is 21.6 Å². The molecule has 0 saturated carbocycles. The van der Waals surface area contributed by atoms with Crippen molar-refractivity contribution in [3.8, 4) is 0 Å². The molecule has 20 heavy (non-hydrogen) atoms. The van der Waals surface area contributed by atoms with E-state index >= 15 is 0 Å². The summed E-state index contributed by atoms with van der Waals surface area (Å²) in [5.74, 6) is -0.275. The molecular weight excluding hydrogens is 280 g/mol. The molecule has 2 aromatic rings. The van der Waals surface area contributed by atoms with Crippen LogP contribution in [0.4, 0.5) is 5.69 Å². The van der Waals surface area contributed by atoms with Gasteiger partial charge in [-0.25, -0.2) is 13.6 Å². The lowest BCUT2D eigenvalue weighted by molar-refractivity contribution is 0.0992. The summed E-state index contributed by atoms with van der Waals surface area (Å²) in [5, 5.41) is 12.2. The molecule has 0 fully saturated rings. The largest absolute Gasteiger partial charge is 0.311 e. The molecule has 0 aliphatic rings. The molecule has 0 unspecified atom stereocenters. The average molecular weight is 292 g/mol. The molecule has 1 aromatic carbocycles. The quantitative estimate of drug-likeness (QED) is 0.881. The number of nitrogens with two attached hydrogens (primary N) is 1. The summed E-state index contributed by atoms with van der Waals surface area (Å²) < 4.78 is 22.3. The van der Waals surface area contributed by atoms with Gasteiger partial charge in [0.25, 0.3) is 5.91 Å². The van der Waals surface area contributed by atoms with E-state index in [0.29, 0.717) is 11.3 Å². The lowest BCUT2D eigenvalue weighted by atomic mass is 10.2. The minimum absolute atomic E-state index is 0.00678. The molecule has 2 rings (SSSR count). The van der Waals surface area contributed by atoms with Gasteiger partial charge in [0.1, 0.15) is 0 Å². The molecule has 1 amide bonds. The van der Waals surface area contributed by atoms with E-state index in [2.05, 4.69) is 10.2 Å². The number of sulfonamides is 1. The van der Waals surface area contributed by atoms with E-state index in [1.807, 2.05) is 0 Å². The fourth-order valence-electron chi connectivity index (χ4n) is 1.59. The lowest BCUT2D eigenvalue weighted by Crippen LogP contribution is -2.26. The monoisotopic (exact) mass is 292 g/mol. The van der Waals surface area contributed by atoms with Gasteiger partial charge in [-0.05, 0) is 30.3 Å². The molecule has 0 aliphatic carbocycles. The van der Waals surface area contributed by atoms with E-state index in [9.17, 15) is 13.2 Å². The SMILES string of the molecule is CN(C(=O)c1ccnnc1)c1ccc(S(N)(=O)=O)cc1. The second kappa shape index (κ2) is 5.35. The Labute approximate surface area is 116 Å². The van der Waals surface area contributed by atoms with Crippen LogP contribution in [0, 0.1) is 0 Å². The van der Waals surface area contributed by atoms with Gasteiger partial charge in [-0.3, -0.25) is 4.79 Å². The Kier molecular flexibility index (Phi) is 3.77. The third kappa shape index (κ3) is 2.98. The Morgan fingerprint density at radius 2 is 1.80 bits per heavy atom. The molecule has 0 saturated heterocycles. The number of carbonyl (C=O) groups is 1. The lowest BCUT2D eigenvalue weighted by Gasteiger charge is -2.17. The molecule has 1 heterocycles. The van der Waals surface area contributed by atoms with Crippen molar-refractivity contribution in [2.24, 2.45) is 5.14 Å². The van der Waals surface area contributed by atoms with Gasteiger partial charge in [-0.1, -0.05) is 0 Å². The molecule has 0 atom stereocenters. The summed E-state index contributed by atoms with van der Waals surface area (Å²) in [6.45, 7) is 0. The maximum atomic E-state index is 12.1. The van der Waals surface area contributed by atoms with Gasteiger partial charge in [0.05, 0.1) is 22.9 Å². The van der Waals surface area contributed by atoms with E-state index in [1.165, 1.54) is 41.6 Å². The van der Waals surface area contributed by atoms with Crippen LogP contribution in [0.25, 0.3) is 0 Å². The van der Waals surface area contributed by atoms with Crippen molar-refractivity contribution in [2.75, 3.05) is 11.9 Å². The Morgan fingerprint density at radius 3 is 2.30 bits per heavy atom. The zero-order valence-electron chi connectivity index (χ0n) is 10.6. The van der Waals surface area contributed by atoms with Gasteiger partial charge in [-0.2, -0.15) is 10.2 Å². The van der Waals surface area contributed by atoms with Gasteiger partial charge in [0, 0.05) is 12.7 Å². The normalized spacial score (nSPS) is 11.1. The van der Waals surface area contributed by atoms with Gasteiger partial charge in [0.15, 0.2) is 0 Å². The van der Waals surface area contributed by atoms with Crippen LogP contribution in [0.1, 0.15) is 10.4 Å². The topological polar surface area (TPSA) is 106 Å². The van der Waals surface area contributed by atoms with E-state index in [1.54, 1.807) is 13.1 Å². The van der Waals surface area contributed by atoms with E-state index in [4.69, 9.17) is 5.14 Å². The van der Waals surface area contributed by atoms with Crippen LogP contribution >= 0.6 is 0 Å². The Hall–Kier alpha value is -2.32. The van der Waals surface area contributed by atoms with E-state index in [-0.39, 0.29) is 10.8 Å². The highest BCUT2D eigenvalue weighted by Gasteiger charge is 2.14. The molecule has 0 bridgehead atoms. The molecular formula is C12H12N4O3S. The van der Waals surface area contributed by atoms with Crippen LogP contribution in [0.3, 0.4) is 0 Å². The van der Waals surface area contributed by atoms with Crippen molar-refractivity contribution in [1.82, 2.24) is 10.2 Å². The highest BCUT2D eigenvalue weighted by molar-refractivity contribution is 7.89. The van der Waals surface area contributed by atoms with Crippen LogP contribution in [-0.4, -0.2) is 31.6 Å². The van der Waals surface area contributed by atoms with Crippen molar-refractivity contribution in [1.29, 1.82) is 0 Å². The first-order valence-electron chi connectivity index (χ1n) is 5.57. The van der Waals surface area contributed by atoms with Crippen LogP contribution in [0.2, 0.25) is 0 Å². The van der Waals surface area contributed by atoms with Gasteiger partial charge >= 0.3 is 0 Å². The van der Waals surface area contributed by atoms with Crippen molar-refractivity contribution in [3.63, 3.8) is 0 Å². The first-order valence-corrected chi connectivity index (χ1v) is 7.12. The number of amides is 1. The molecule has 104 valence electrons. The highest BCUT2D eigenvalue weighted by atomic mass is 32.2. The van der Waals surface area contributed by atoms with Gasteiger partial charge < -0.3 is 4.90 Å². The fourth-order valence-corrected chi connectivity index (χ4v) is 2.10. The van der Waals surface area contributed by atoms with Crippen LogP contribution in [0.5, 0.6) is 0 Å². The van der Waals surface area contributed by atoms with Crippen LogP contribution in [-0.2, 0) is 10.0 Å².